The Kier molecular flexibility index (Phi) is 10.2. The molecule has 0 aliphatic carbocycles. The van der Waals surface area contributed by atoms with Gasteiger partial charge >= 0.3 is 0 Å². The van der Waals surface area contributed by atoms with E-state index >= 15 is 0 Å². The molecule has 3 heterocycles. The Morgan fingerprint density at radius 2 is 0.658 bits per heavy atom. The average Bonchev–Trinajstić information content (AvgIpc) is 4.18. The van der Waals surface area contributed by atoms with Gasteiger partial charge in [-0.3, -0.25) is 0 Å². The van der Waals surface area contributed by atoms with Gasteiger partial charge < -0.3 is 18.5 Å². The van der Waals surface area contributed by atoms with Crippen molar-refractivity contribution in [1.29, 1.82) is 0 Å². The largest absolute Gasteiger partial charge is 0.455 e. The first kappa shape index (κ1) is 43.4. The van der Waals surface area contributed by atoms with E-state index in [4.69, 9.17) is 4.42 Å². The fourth-order valence-corrected chi connectivity index (χ4v) is 11.7. The molecule has 0 unspecified atom stereocenters. The maximum atomic E-state index is 6.40. The van der Waals surface area contributed by atoms with Gasteiger partial charge in [-0.25, -0.2) is 0 Å². The van der Waals surface area contributed by atoms with Gasteiger partial charge in [-0.15, -0.1) is 0 Å². The Labute approximate surface area is 439 Å². The van der Waals surface area contributed by atoms with Crippen LogP contribution in [0.2, 0.25) is 0 Å². The van der Waals surface area contributed by atoms with E-state index in [0.717, 1.165) is 83.8 Å². The molecule has 0 spiro atoms. The van der Waals surface area contributed by atoms with Crippen molar-refractivity contribution in [1.82, 2.24) is 9.13 Å². The summed E-state index contributed by atoms with van der Waals surface area (Å²) in [5, 5.41) is 7.25. The standard InChI is InChI=1S/C72H47N3O/c1-3-14-55(15-4-1)74-68-24-11-8-19-62(68)66-46-53(37-45-69(66)74)50-32-40-58(41-33-50)73(57-38-30-49(31-39-57)48-26-28-52(29-27-48)60-21-13-22-65-64-20-9-12-25-71(64)76-72(60)65)59-42-34-51(35-43-59)54-36-44-63-61-18-7-10-23-67(61)75(70(63)47-54)56-16-5-2-6-17-56/h1-47H. The van der Waals surface area contributed by atoms with Crippen LogP contribution >= 0.6 is 0 Å². The molecule has 0 bridgehead atoms. The first-order valence-corrected chi connectivity index (χ1v) is 26.0. The molecule has 0 aliphatic rings. The van der Waals surface area contributed by atoms with E-state index in [1.54, 1.807) is 0 Å². The lowest BCUT2D eigenvalue weighted by Gasteiger charge is -2.26. The summed E-state index contributed by atoms with van der Waals surface area (Å²) in [6.45, 7) is 0. The van der Waals surface area contributed by atoms with Gasteiger partial charge in [0.15, 0.2) is 0 Å². The second-order valence-corrected chi connectivity index (χ2v) is 19.7. The average molecular weight is 970 g/mol. The highest BCUT2D eigenvalue weighted by atomic mass is 16.3. The lowest BCUT2D eigenvalue weighted by atomic mass is 9.98. The van der Waals surface area contributed by atoms with E-state index in [2.05, 4.69) is 287 Å². The molecular weight excluding hydrogens is 923 g/mol. The van der Waals surface area contributed by atoms with Crippen LogP contribution in [-0.2, 0) is 0 Å². The van der Waals surface area contributed by atoms with E-state index in [1.165, 1.54) is 54.7 Å². The number of furan rings is 1. The van der Waals surface area contributed by atoms with Gasteiger partial charge in [0, 0.05) is 66.3 Å². The number of para-hydroxylation sites is 6. The van der Waals surface area contributed by atoms with Crippen LogP contribution in [0.5, 0.6) is 0 Å². The van der Waals surface area contributed by atoms with Crippen LogP contribution in [0.15, 0.2) is 290 Å². The van der Waals surface area contributed by atoms with Crippen LogP contribution in [-0.4, -0.2) is 9.13 Å². The van der Waals surface area contributed by atoms with Gasteiger partial charge in [-0.1, -0.05) is 188 Å². The monoisotopic (exact) mass is 969 g/mol. The van der Waals surface area contributed by atoms with Crippen molar-refractivity contribution in [3.63, 3.8) is 0 Å². The molecule has 0 saturated heterocycles. The Balaban J connectivity index is 0.791. The maximum absolute atomic E-state index is 6.40. The summed E-state index contributed by atoms with van der Waals surface area (Å²) < 4.78 is 11.2. The summed E-state index contributed by atoms with van der Waals surface area (Å²) in [6.07, 6.45) is 0. The number of aromatic nitrogens is 2. The molecule has 0 N–H and O–H groups in total. The number of benzene rings is 12. The highest BCUT2D eigenvalue weighted by Gasteiger charge is 2.19. The van der Waals surface area contributed by atoms with Crippen molar-refractivity contribution in [2.45, 2.75) is 0 Å². The smallest absolute Gasteiger partial charge is 0.143 e. The zero-order valence-corrected chi connectivity index (χ0v) is 41.4. The van der Waals surface area contributed by atoms with Crippen LogP contribution in [0.1, 0.15) is 0 Å². The molecule has 0 radical (unpaired) electrons. The van der Waals surface area contributed by atoms with Crippen molar-refractivity contribution in [3.8, 4) is 55.9 Å². The van der Waals surface area contributed by atoms with Crippen molar-refractivity contribution in [3.05, 3.63) is 285 Å². The lowest BCUT2D eigenvalue weighted by molar-refractivity contribution is 0.670. The van der Waals surface area contributed by atoms with E-state index < -0.39 is 0 Å². The molecule has 0 amide bonds. The third kappa shape index (κ3) is 7.22. The van der Waals surface area contributed by atoms with Crippen LogP contribution in [0.3, 0.4) is 0 Å². The molecule has 3 aromatic heterocycles. The first-order chi connectivity index (χ1) is 37.7. The van der Waals surface area contributed by atoms with Crippen molar-refractivity contribution in [2.24, 2.45) is 0 Å². The summed E-state index contributed by atoms with van der Waals surface area (Å²) in [7, 11) is 0. The molecule has 76 heavy (non-hydrogen) atoms. The van der Waals surface area contributed by atoms with E-state index in [1.807, 2.05) is 12.1 Å². The van der Waals surface area contributed by atoms with Crippen molar-refractivity contribution < 1.29 is 4.42 Å². The molecule has 4 heteroatoms. The minimum absolute atomic E-state index is 0.908. The quantitative estimate of drug-likeness (QED) is 0.144. The fourth-order valence-electron chi connectivity index (χ4n) is 11.7. The second-order valence-electron chi connectivity index (χ2n) is 19.7. The molecule has 0 saturated carbocycles. The summed E-state index contributed by atoms with van der Waals surface area (Å²) in [5.41, 5.74) is 21.3. The molecule has 356 valence electrons. The Hall–Kier alpha value is -10.2. The molecule has 15 rings (SSSR count). The number of hydrogen-bond acceptors (Lipinski definition) is 2. The lowest BCUT2D eigenvalue weighted by Crippen LogP contribution is -2.09. The summed E-state index contributed by atoms with van der Waals surface area (Å²) >= 11 is 0. The van der Waals surface area contributed by atoms with E-state index in [0.29, 0.717) is 0 Å². The molecule has 0 aliphatic heterocycles. The van der Waals surface area contributed by atoms with E-state index in [-0.39, 0.29) is 0 Å². The zero-order chi connectivity index (χ0) is 50.1. The Morgan fingerprint density at radius 1 is 0.250 bits per heavy atom. The van der Waals surface area contributed by atoms with E-state index in [9.17, 15) is 0 Å². The summed E-state index contributed by atoms with van der Waals surface area (Å²) in [4.78, 5) is 2.36. The minimum Gasteiger partial charge on any atom is -0.455 e. The molecule has 4 nitrogen and oxygen atoms in total. The summed E-state index contributed by atoms with van der Waals surface area (Å²) in [5.74, 6) is 0. The number of fused-ring (bicyclic) bond motifs is 9. The zero-order valence-electron chi connectivity index (χ0n) is 41.4. The van der Waals surface area contributed by atoms with Crippen LogP contribution in [0.4, 0.5) is 17.1 Å². The maximum Gasteiger partial charge on any atom is 0.143 e. The first-order valence-electron chi connectivity index (χ1n) is 26.0. The fraction of sp³-hybridized carbons (Fsp3) is 0. The van der Waals surface area contributed by atoms with Gasteiger partial charge in [0.25, 0.3) is 0 Å². The number of rotatable bonds is 9. The highest BCUT2D eigenvalue weighted by Crippen LogP contribution is 2.42. The Morgan fingerprint density at radius 3 is 1.26 bits per heavy atom. The number of hydrogen-bond donors (Lipinski definition) is 0. The minimum atomic E-state index is 0.908. The Bertz CT molecular complexity index is 4640. The van der Waals surface area contributed by atoms with Gasteiger partial charge in [0.1, 0.15) is 11.2 Å². The van der Waals surface area contributed by atoms with Crippen molar-refractivity contribution >= 4 is 82.6 Å². The molecule has 12 aromatic carbocycles. The predicted octanol–water partition coefficient (Wildman–Crippen LogP) is 19.9. The molecule has 0 fully saturated rings. The van der Waals surface area contributed by atoms with Crippen LogP contribution in [0, 0.1) is 0 Å². The normalized spacial score (nSPS) is 11.7. The van der Waals surface area contributed by atoms with Gasteiger partial charge in [-0.05, 0) is 136 Å². The van der Waals surface area contributed by atoms with Crippen LogP contribution < -0.4 is 4.90 Å². The third-order valence-corrected chi connectivity index (χ3v) is 15.4. The molecule has 15 aromatic rings. The van der Waals surface area contributed by atoms with Gasteiger partial charge in [-0.2, -0.15) is 0 Å². The SMILES string of the molecule is c1ccc(-n2c3ccccc3c3cc(-c4ccc(N(c5ccc(-c6ccc(-c7cccc8c7oc7ccccc78)cc6)cc5)c5ccc(-c6ccc7c8ccccc8n(-c8ccccc8)c7c6)cc5)cc4)ccc32)cc1. The van der Waals surface area contributed by atoms with Gasteiger partial charge in [0.05, 0.1) is 22.1 Å². The summed E-state index contributed by atoms with van der Waals surface area (Å²) in [6, 6.07) is 103. The topological polar surface area (TPSA) is 26.2 Å². The number of anilines is 3. The molecular formula is C72H47N3O. The van der Waals surface area contributed by atoms with Crippen LogP contribution in [0.25, 0.3) is 121 Å². The number of nitrogens with zero attached hydrogens (tertiary/aromatic N) is 3. The second kappa shape index (κ2) is 17.8. The van der Waals surface area contributed by atoms with Gasteiger partial charge in [0.2, 0.25) is 0 Å². The predicted molar refractivity (Wildman–Crippen MR) is 319 cm³/mol. The third-order valence-electron chi connectivity index (χ3n) is 15.4. The highest BCUT2D eigenvalue weighted by molar-refractivity contribution is 6.12. The molecule has 0 atom stereocenters. The van der Waals surface area contributed by atoms with Crippen molar-refractivity contribution in [2.75, 3.05) is 4.90 Å².